The van der Waals surface area contributed by atoms with E-state index in [1.807, 2.05) is 12.1 Å². The van der Waals surface area contributed by atoms with Crippen LogP contribution in [0.3, 0.4) is 0 Å². The summed E-state index contributed by atoms with van der Waals surface area (Å²) < 4.78 is 0. The quantitative estimate of drug-likeness (QED) is 0.159. The molecule has 1 heterocycles. The molecule has 0 saturated carbocycles. The predicted molar refractivity (Wildman–Crippen MR) is 223 cm³/mol. The van der Waals surface area contributed by atoms with E-state index in [1.54, 1.807) is 0 Å². The molecule has 254 valence electrons. The molecule has 54 heavy (non-hydrogen) atoms. The number of aromatic nitrogens is 3. The number of benzene rings is 8. The normalized spacial score (nSPS) is 11.0. The van der Waals surface area contributed by atoms with E-state index < -0.39 is 0 Å². The van der Waals surface area contributed by atoms with Gasteiger partial charge in [-0.1, -0.05) is 206 Å². The summed E-state index contributed by atoms with van der Waals surface area (Å²) >= 11 is 0. The van der Waals surface area contributed by atoms with E-state index in [2.05, 4.69) is 200 Å². The molecule has 1 aromatic heterocycles. The Morgan fingerprint density at radius 2 is 0.574 bits per heavy atom. The van der Waals surface area contributed by atoms with Crippen LogP contribution in [0.15, 0.2) is 212 Å². The first kappa shape index (κ1) is 32.7. The van der Waals surface area contributed by atoms with Crippen LogP contribution in [-0.4, -0.2) is 15.0 Å². The summed E-state index contributed by atoms with van der Waals surface area (Å²) in [6.07, 6.45) is 0. The monoisotopic (exact) mass is 689 g/mol. The highest BCUT2D eigenvalue weighted by molar-refractivity contribution is 5.98. The van der Waals surface area contributed by atoms with Crippen LogP contribution in [-0.2, 0) is 0 Å². The van der Waals surface area contributed by atoms with Gasteiger partial charge in [-0.25, -0.2) is 15.0 Å². The van der Waals surface area contributed by atoms with E-state index in [-0.39, 0.29) is 0 Å². The van der Waals surface area contributed by atoms with Crippen molar-refractivity contribution in [3.63, 3.8) is 0 Å². The van der Waals surface area contributed by atoms with Crippen molar-refractivity contribution in [1.29, 1.82) is 0 Å². The van der Waals surface area contributed by atoms with Gasteiger partial charge in [-0.3, -0.25) is 0 Å². The van der Waals surface area contributed by atoms with Crippen LogP contribution in [0, 0.1) is 0 Å². The Labute approximate surface area is 316 Å². The van der Waals surface area contributed by atoms with Crippen molar-refractivity contribution in [2.24, 2.45) is 0 Å². The largest absolute Gasteiger partial charge is 0.208 e. The van der Waals surface area contributed by atoms with Gasteiger partial charge in [0.05, 0.1) is 0 Å². The first-order chi connectivity index (χ1) is 26.8. The third-order valence-corrected chi connectivity index (χ3v) is 9.79. The highest BCUT2D eigenvalue weighted by Gasteiger charge is 2.21. The second-order valence-corrected chi connectivity index (χ2v) is 13.2. The van der Waals surface area contributed by atoms with Crippen LogP contribution in [0.2, 0.25) is 0 Å². The van der Waals surface area contributed by atoms with Crippen LogP contribution < -0.4 is 0 Å². The van der Waals surface area contributed by atoms with Crippen molar-refractivity contribution in [3.8, 4) is 89.8 Å². The third kappa shape index (κ3) is 6.51. The van der Waals surface area contributed by atoms with Gasteiger partial charge in [-0.05, 0) is 61.7 Å². The minimum atomic E-state index is 0.614. The Morgan fingerprint density at radius 3 is 1.19 bits per heavy atom. The molecule has 9 aromatic rings. The van der Waals surface area contributed by atoms with Gasteiger partial charge in [0.15, 0.2) is 17.5 Å². The average molecular weight is 690 g/mol. The molecule has 0 unspecified atom stereocenters. The molecule has 3 nitrogen and oxygen atoms in total. The average Bonchev–Trinajstić information content (AvgIpc) is 3.27. The Kier molecular flexibility index (Phi) is 8.94. The van der Waals surface area contributed by atoms with Crippen molar-refractivity contribution in [2.75, 3.05) is 0 Å². The maximum atomic E-state index is 5.31. The highest BCUT2D eigenvalue weighted by Crippen LogP contribution is 2.43. The van der Waals surface area contributed by atoms with Crippen molar-refractivity contribution in [2.45, 2.75) is 0 Å². The lowest BCUT2D eigenvalue weighted by Crippen LogP contribution is -2.02. The molecule has 0 aliphatic carbocycles. The molecule has 0 spiro atoms. The van der Waals surface area contributed by atoms with E-state index in [9.17, 15) is 0 Å². The Hall–Kier alpha value is -7.23. The summed E-state index contributed by atoms with van der Waals surface area (Å²) in [6, 6.07) is 74.0. The first-order valence-corrected chi connectivity index (χ1v) is 18.2. The molecule has 0 bridgehead atoms. The lowest BCUT2D eigenvalue weighted by molar-refractivity contribution is 1.07. The van der Waals surface area contributed by atoms with E-state index in [1.165, 1.54) is 5.56 Å². The zero-order chi connectivity index (χ0) is 36.1. The molecule has 8 aromatic carbocycles. The third-order valence-electron chi connectivity index (χ3n) is 9.79. The maximum Gasteiger partial charge on any atom is 0.164 e. The van der Waals surface area contributed by atoms with E-state index in [0.29, 0.717) is 17.5 Å². The second kappa shape index (κ2) is 14.8. The van der Waals surface area contributed by atoms with Gasteiger partial charge in [0.1, 0.15) is 0 Å². The molecule has 0 N–H and O–H groups in total. The van der Waals surface area contributed by atoms with Crippen LogP contribution in [0.1, 0.15) is 0 Å². The number of nitrogens with zero attached hydrogens (tertiary/aromatic N) is 3. The van der Waals surface area contributed by atoms with Crippen LogP contribution >= 0.6 is 0 Å². The molecule has 0 atom stereocenters. The van der Waals surface area contributed by atoms with Crippen molar-refractivity contribution < 1.29 is 0 Å². The zero-order valence-corrected chi connectivity index (χ0v) is 29.5. The van der Waals surface area contributed by atoms with Crippen molar-refractivity contribution in [3.05, 3.63) is 212 Å². The van der Waals surface area contributed by atoms with Crippen LogP contribution in [0.25, 0.3) is 89.8 Å². The summed E-state index contributed by atoms with van der Waals surface area (Å²) in [6.45, 7) is 0. The summed E-state index contributed by atoms with van der Waals surface area (Å²) in [5.74, 6) is 1.85. The second-order valence-electron chi connectivity index (χ2n) is 13.2. The Morgan fingerprint density at radius 1 is 0.204 bits per heavy atom. The van der Waals surface area contributed by atoms with Gasteiger partial charge in [0, 0.05) is 16.7 Å². The molecular formula is C51H35N3. The molecule has 0 amide bonds. The topological polar surface area (TPSA) is 38.7 Å². The molecule has 0 radical (unpaired) electrons. The van der Waals surface area contributed by atoms with E-state index in [4.69, 9.17) is 15.0 Å². The van der Waals surface area contributed by atoms with Crippen molar-refractivity contribution >= 4 is 0 Å². The fraction of sp³-hybridized carbons (Fsp3) is 0. The molecular weight excluding hydrogens is 655 g/mol. The zero-order valence-electron chi connectivity index (χ0n) is 29.5. The lowest BCUT2D eigenvalue weighted by atomic mass is 9.86. The summed E-state index contributed by atoms with van der Waals surface area (Å²) in [5.41, 5.74) is 14.0. The molecule has 0 aliphatic rings. The van der Waals surface area contributed by atoms with Gasteiger partial charge in [-0.15, -0.1) is 0 Å². The van der Waals surface area contributed by atoms with Crippen molar-refractivity contribution in [1.82, 2.24) is 15.0 Å². The molecule has 0 fully saturated rings. The summed E-state index contributed by atoms with van der Waals surface area (Å²) in [7, 11) is 0. The molecule has 3 heteroatoms. The number of rotatable bonds is 8. The van der Waals surface area contributed by atoms with Gasteiger partial charge in [-0.2, -0.15) is 0 Å². The Balaban J connectivity index is 1.29. The van der Waals surface area contributed by atoms with Crippen LogP contribution in [0.4, 0.5) is 0 Å². The minimum Gasteiger partial charge on any atom is -0.208 e. The van der Waals surface area contributed by atoms with E-state index >= 15 is 0 Å². The number of hydrogen-bond acceptors (Lipinski definition) is 3. The van der Waals surface area contributed by atoms with Gasteiger partial charge >= 0.3 is 0 Å². The van der Waals surface area contributed by atoms with Gasteiger partial charge < -0.3 is 0 Å². The molecule has 0 saturated heterocycles. The Bertz CT molecular complexity index is 2690. The fourth-order valence-corrected chi connectivity index (χ4v) is 7.23. The SMILES string of the molecule is c1ccc(-c2cccc(-c3nc(-c4ccccc4-c4ccccc4)nc(-c4ccccc4-c4cccc(-c5ccccc5)c4-c4ccccc4)n3)c2)cc1. The minimum absolute atomic E-state index is 0.614. The fourth-order valence-electron chi connectivity index (χ4n) is 7.23. The smallest absolute Gasteiger partial charge is 0.164 e. The van der Waals surface area contributed by atoms with Gasteiger partial charge in [0.2, 0.25) is 0 Å². The number of hydrogen-bond donors (Lipinski definition) is 0. The molecule has 0 aliphatic heterocycles. The van der Waals surface area contributed by atoms with Crippen LogP contribution in [0.5, 0.6) is 0 Å². The van der Waals surface area contributed by atoms with E-state index in [0.717, 1.165) is 66.8 Å². The lowest BCUT2D eigenvalue weighted by Gasteiger charge is -2.19. The summed E-state index contributed by atoms with van der Waals surface area (Å²) in [4.78, 5) is 15.8. The maximum absolute atomic E-state index is 5.31. The standard InChI is InChI=1S/C51H35N3/c1-5-19-36(20-6-1)40-27-17-28-41(35-40)49-52-50(46-31-15-13-29-42(46)37-21-7-2-8-22-37)54-51(53-49)47-32-16-14-30-44(47)45-34-18-33-43(38-23-9-3-10-24-38)48(45)39-25-11-4-12-26-39/h1-35H. The molecule has 9 rings (SSSR count). The van der Waals surface area contributed by atoms with Gasteiger partial charge in [0.25, 0.3) is 0 Å². The first-order valence-electron chi connectivity index (χ1n) is 18.2. The predicted octanol–water partition coefficient (Wildman–Crippen LogP) is 13.2. The summed E-state index contributed by atoms with van der Waals surface area (Å²) in [5, 5.41) is 0. The highest BCUT2D eigenvalue weighted by atomic mass is 15.0.